The Labute approximate surface area is 454 Å². The minimum atomic E-state index is -4.53. The summed E-state index contributed by atoms with van der Waals surface area (Å²) in [4.78, 5) is 29.0. The molecule has 78 heavy (non-hydrogen) atoms. The average molecular weight is 1070 g/mol. The monoisotopic (exact) mass is 1070 g/mol. The minimum absolute atomic E-state index is 0.0557. The summed E-state index contributed by atoms with van der Waals surface area (Å²) in [6, 6.07) is 32.2. The summed E-state index contributed by atoms with van der Waals surface area (Å²) < 4.78 is 80.1. The number of methoxy groups -OCH3 is 1. The highest BCUT2D eigenvalue weighted by molar-refractivity contribution is 6.10. The third-order valence-corrected chi connectivity index (χ3v) is 15.8. The predicted octanol–water partition coefficient (Wildman–Crippen LogP) is 13.2. The van der Waals surface area contributed by atoms with E-state index in [-0.39, 0.29) is 43.7 Å². The number of fused-ring (bicyclic) bond motifs is 8. The molecule has 3 heterocycles. The molecule has 0 saturated carbocycles. The fourth-order valence-corrected chi connectivity index (χ4v) is 11.8. The van der Waals surface area contributed by atoms with Gasteiger partial charge in [-0.25, -0.2) is 0 Å². The number of halogens is 3. The Morgan fingerprint density at radius 2 is 1.40 bits per heavy atom. The van der Waals surface area contributed by atoms with E-state index in [1.807, 2.05) is 42.5 Å². The number of nitrogens with zero attached hydrogens (tertiary/aromatic N) is 2. The van der Waals surface area contributed by atoms with E-state index in [1.165, 1.54) is 6.07 Å². The van der Waals surface area contributed by atoms with E-state index in [2.05, 4.69) is 72.2 Å². The zero-order chi connectivity index (χ0) is 54.4. The first-order valence-corrected chi connectivity index (χ1v) is 27.6. The lowest BCUT2D eigenvalue weighted by Crippen LogP contribution is -2.37. The van der Waals surface area contributed by atoms with Crippen molar-refractivity contribution in [1.82, 2.24) is 0 Å². The fourth-order valence-electron chi connectivity index (χ4n) is 11.8. The predicted molar refractivity (Wildman–Crippen MR) is 298 cm³/mol. The molecule has 1 aliphatic carbocycles. The maximum absolute atomic E-state index is 14.5. The number of unbranched alkanes of at least 4 members (excludes halogenated alkanes) is 3. The molecule has 0 spiro atoms. The summed E-state index contributed by atoms with van der Waals surface area (Å²) in [6.07, 6.45) is 6.76. The molecule has 11 nitrogen and oxygen atoms in total. The number of esters is 2. The van der Waals surface area contributed by atoms with Crippen LogP contribution < -0.4 is 24.0 Å². The number of benzene rings is 6. The standard InChI is InChI=1S/C64H69F3N2O9/c1-62(2)54-40-43(48-14-7-8-15-53(48)64(65,66)67)18-27-49(54)59-51-41-55(69-30-10-5-11-31-69)56(73-3)42-52(51)61-50(60(59)62)28-29-63(78-61,44-19-23-46(24-20-44)68-32-36-74-37-33-68)45-21-25-47(26-22-45)75-38-39-77-58(72)16-6-4-13-35-76-57(71)17-9-12-34-70/h7-8,14-15,18-29,40-42,70H,4-6,9-13,16-17,30-39H2,1-3H3. The molecule has 1 unspecified atom stereocenters. The van der Waals surface area contributed by atoms with Gasteiger partial charge < -0.3 is 43.3 Å². The number of aliphatic hydroxyl groups excluding tert-OH is 1. The molecule has 2 saturated heterocycles. The molecule has 14 heteroatoms. The quantitative estimate of drug-likeness (QED) is 0.0582. The molecule has 2 fully saturated rings. The molecule has 6 aromatic rings. The van der Waals surface area contributed by atoms with Crippen molar-refractivity contribution in [2.75, 3.05) is 82.7 Å². The first-order valence-electron chi connectivity index (χ1n) is 27.6. The Bertz CT molecular complexity index is 3140. The van der Waals surface area contributed by atoms with Crippen molar-refractivity contribution >= 4 is 40.2 Å². The van der Waals surface area contributed by atoms with Crippen LogP contribution in [0.1, 0.15) is 111 Å². The number of carbonyl (C=O) groups excluding carboxylic acids is 2. The van der Waals surface area contributed by atoms with Gasteiger partial charge in [0, 0.05) is 78.8 Å². The van der Waals surface area contributed by atoms with Crippen molar-refractivity contribution in [3.63, 3.8) is 0 Å². The first-order chi connectivity index (χ1) is 37.8. The van der Waals surface area contributed by atoms with Gasteiger partial charge in [0.1, 0.15) is 30.5 Å². The number of alkyl halides is 3. The Kier molecular flexibility index (Phi) is 16.4. The highest BCUT2D eigenvalue weighted by Gasteiger charge is 2.45. The maximum atomic E-state index is 14.5. The van der Waals surface area contributed by atoms with E-state index in [1.54, 1.807) is 19.2 Å². The van der Waals surface area contributed by atoms with E-state index >= 15 is 0 Å². The first kappa shape index (κ1) is 54.3. The van der Waals surface area contributed by atoms with Crippen LogP contribution in [0.15, 0.2) is 109 Å². The van der Waals surface area contributed by atoms with E-state index in [0.29, 0.717) is 69.0 Å². The minimum Gasteiger partial charge on any atom is -0.495 e. The highest BCUT2D eigenvalue weighted by atomic mass is 19.4. The third kappa shape index (κ3) is 11.2. The summed E-state index contributed by atoms with van der Waals surface area (Å²) in [5.41, 5.74) is 6.86. The van der Waals surface area contributed by atoms with Gasteiger partial charge in [0.05, 0.1) is 38.2 Å². The zero-order valence-electron chi connectivity index (χ0n) is 44.9. The van der Waals surface area contributed by atoms with Gasteiger partial charge in [0.2, 0.25) is 0 Å². The number of aliphatic hydroxyl groups is 1. The summed E-state index contributed by atoms with van der Waals surface area (Å²) in [5.74, 6) is 1.41. The molecule has 1 atom stereocenters. The molecule has 1 N–H and O–H groups in total. The highest BCUT2D eigenvalue weighted by Crippen LogP contribution is 2.60. The van der Waals surface area contributed by atoms with Gasteiger partial charge in [0.15, 0.2) is 5.60 Å². The lowest BCUT2D eigenvalue weighted by molar-refractivity contribution is -0.145. The van der Waals surface area contributed by atoms with Crippen molar-refractivity contribution in [3.8, 4) is 39.5 Å². The SMILES string of the molecule is COc1cc2c3c(c4c(c2cc1N1CCCCC1)-c1ccc(-c2ccccc2C(F)(F)F)cc1C4(C)C)C=CC(c1ccc(OCCOC(=O)CCCCCOC(=O)CCCCO)cc1)(c1ccc(N2CCOCC2)cc1)O3. The van der Waals surface area contributed by atoms with Crippen LogP contribution in [0.2, 0.25) is 0 Å². The smallest absolute Gasteiger partial charge is 0.417 e. The Balaban J connectivity index is 0.977. The molecule has 10 rings (SSSR count). The van der Waals surface area contributed by atoms with Crippen LogP contribution in [0, 0.1) is 0 Å². The van der Waals surface area contributed by atoms with Crippen molar-refractivity contribution < 1.29 is 56.3 Å². The molecule has 0 bridgehead atoms. The molecule has 4 aliphatic rings. The van der Waals surface area contributed by atoms with Crippen LogP contribution in [-0.2, 0) is 41.0 Å². The van der Waals surface area contributed by atoms with E-state index < -0.39 is 22.8 Å². The number of rotatable bonds is 20. The normalized spacial score (nSPS) is 17.5. The molecule has 3 aliphatic heterocycles. The van der Waals surface area contributed by atoms with Crippen LogP contribution in [0.4, 0.5) is 24.5 Å². The average Bonchev–Trinajstić information content (AvgIpc) is 3.77. The Morgan fingerprint density at radius 1 is 0.705 bits per heavy atom. The summed E-state index contributed by atoms with van der Waals surface area (Å²) in [6.45, 7) is 9.58. The van der Waals surface area contributed by atoms with Gasteiger partial charge in [-0.05, 0) is 145 Å². The number of ether oxygens (including phenoxy) is 6. The molecular weight excluding hydrogens is 998 g/mol. The number of hydrogen-bond acceptors (Lipinski definition) is 11. The van der Waals surface area contributed by atoms with Gasteiger partial charge in [-0.1, -0.05) is 74.5 Å². The molecule has 0 radical (unpaired) electrons. The van der Waals surface area contributed by atoms with Crippen LogP contribution in [0.3, 0.4) is 0 Å². The lowest BCUT2D eigenvalue weighted by Gasteiger charge is -2.39. The van der Waals surface area contributed by atoms with E-state index in [9.17, 15) is 22.8 Å². The van der Waals surface area contributed by atoms with Crippen molar-refractivity contribution in [3.05, 3.63) is 143 Å². The molecule has 410 valence electrons. The number of anilines is 2. The third-order valence-electron chi connectivity index (χ3n) is 15.8. The number of piperidine rings is 1. The Hall–Kier alpha value is -7.03. The van der Waals surface area contributed by atoms with Gasteiger partial charge in [0.25, 0.3) is 0 Å². The second-order valence-electron chi connectivity index (χ2n) is 21.2. The largest absolute Gasteiger partial charge is 0.495 e. The van der Waals surface area contributed by atoms with Gasteiger partial charge in [-0.15, -0.1) is 0 Å². The fraction of sp³-hybridized carbons (Fsp3) is 0.406. The summed E-state index contributed by atoms with van der Waals surface area (Å²) >= 11 is 0. The van der Waals surface area contributed by atoms with Gasteiger partial charge in [-0.3, -0.25) is 9.59 Å². The second kappa shape index (κ2) is 23.5. The number of carbonyl (C=O) groups is 2. The topological polar surface area (TPSA) is 116 Å². The molecule has 0 amide bonds. The molecular formula is C64H69F3N2O9. The lowest BCUT2D eigenvalue weighted by atomic mass is 9.76. The number of hydrogen-bond donors (Lipinski definition) is 1. The molecule has 6 aromatic carbocycles. The zero-order valence-corrected chi connectivity index (χ0v) is 44.9. The van der Waals surface area contributed by atoms with E-state index in [0.717, 1.165) is 125 Å². The summed E-state index contributed by atoms with van der Waals surface area (Å²) in [5, 5.41) is 10.7. The molecule has 0 aromatic heterocycles. The number of morpholine rings is 1. The van der Waals surface area contributed by atoms with Crippen LogP contribution >= 0.6 is 0 Å². The van der Waals surface area contributed by atoms with E-state index in [4.69, 9.17) is 33.5 Å². The van der Waals surface area contributed by atoms with Crippen LogP contribution in [0.25, 0.3) is 39.1 Å². The van der Waals surface area contributed by atoms with Crippen molar-refractivity contribution in [2.45, 2.75) is 95.2 Å². The van der Waals surface area contributed by atoms with Gasteiger partial charge in [-0.2, -0.15) is 13.2 Å². The summed E-state index contributed by atoms with van der Waals surface area (Å²) in [7, 11) is 1.71. The van der Waals surface area contributed by atoms with Crippen LogP contribution in [-0.4, -0.2) is 90.0 Å². The Morgan fingerprint density at radius 3 is 2.10 bits per heavy atom. The second-order valence-corrected chi connectivity index (χ2v) is 21.2. The van der Waals surface area contributed by atoms with Crippen molar-refractivity contribution in [1.29, 1.82) is 0 Å². The maximum Gasteiger partial charge on any atom is 0.417 e. The van der Waals surface area contributed by atoms with Gasteiger partial charge >= 0.3 is 18.1 Å². The van der Waals surface area contributed by atoms with Crippen molar-refractivity contribution in [2.24, 2.45) is 0 Å². The van der Waals surface area contributed by atoms with Crippen LogP contribution in [0.5, 0.6) is 17.2 Å².